The van der Waals surface area contributed by atoms with Gasteiger partial charge in [-0.15, -0.1) is 11.3 Å². The summed E-state index contributed by atoms with van der Waals surface area (Å²) in [6.07, 6.45) is 0.832. The first-order valence-electron chi connectivity index (χ1n) is 9.93. The number of nitrogens with one attached hydrogen (secondary N) is 3. The molecule has 0 aliphatic carbocycles. The molecule has 6 nitrogen and oxygen atoms in total. The molecule has 2 amide bonds. The first kappa shape index (κ1) is 21.7. The lowest BCUT2D eigenvalue weighted by Gasteiger charge is -2.15. The zero-order valence-corrected chi connectivity index (χ0v) is 18.0. The van der Waals surface area contributed by atoms with Crippen molar-refractivity contribution in [2.75, 3.05) is 11.9 Å². The molecule has 156 valence electrons. The zero-order valence-electron chi connectivity index (χ0n) is 17.1. The number of aryl methyl sites for hydroxylation is 1. The van der Waals surface area contributed by atoms with Gasteiger partial charge in [-0.05, 0) is 31.0 Å². The maximum atomic E-state index is 12.6. The number of nitrogens with zero attached hydrogens (tertiary/aromatic N) is 1. The van der Waals surface area contributed by atoms with Crippen molar-refractivity contribution in [3.63, 3.8) is 0 Å². The van der Waals surface area contributed by atoms with Crippen LogP contribution < -0.4 is 16.0 Å². The minimum Gasteiger partial charge on any atom is -0.348 e. The van der Waals surface area contributed by atoms with Gasteiger partial charge >= 0.3 is 0 Å². The lowest BCUT2D eigenvalue weighted by atomic mass is 10.1. The molecule has 0 radical (unpaired) electrons. The lowest BCUT2D eigenvalue weighted by Crippen LogP contribution is -2.32. The maximum Gasteiger partial charge on any atom is 0.253 e. The van der Waals surface area contributed by atoms with E-state index in [1.165, 1.54) is 0 Å². The molecule has 2 aromatic carbocycles. The number of rotatable bonds is 9. The fraction of sp³-hybridized carbons (Fsp3) is 0.261. The quantitative estimate of drug-likeness (QED) is 0.486. The summed E-state index contributed by atoms with van der Waals surface area (Å²) in [5.74, 6) is -0.433. The zero-order chi connectivity index (χ0) is 21.3. The second kappa shape index (κ2) is 10.7. The van der Waals surface area contributed by atoms with Crippen molar-refractivity contribution in [2.45, 2.75) is 32.9 Å². The maximum absolute atomic E-state index is 12.6. The average molecular weight is 423 g/mol. The number of anilines is 1. The van der Waals surface area contributed by atoms with Crippen LogP contribution in [0, 0.1) is 6.92 Å². The standard InChI is InChI=1S/C23H26N4O2S/c1-3-19(23-26-16(2)15-30-23)24-14-21(28)27-20-12-8-7-11-18(20)22(29)25-13-17-9-5-4-6-10-17/h4-12,15,19,24H,3,13-14H2,1-2H3,(H,25,29)(H,27,28). The molecule has 0 aliphatic heterocycles. The Balaban J connectivity index is 1.58. The number of para-hydroxylation sites is 1. The Morgan fingerprint density at radius 3 is 2.50 bits per heavy atom. The lowest BCUT2D eigenvalue weighted by molar-refractivity contribution is -0.115. The van der Waals surface area contributed by atoms with Crippen LogP contribution in [0.3, 0.4) is 0 Å². The number of thiazole rings is 1. The van der Waals surface area contributed by atoms with Gasteiger partial charge in [0.1, 0.15) is 5.01 Å². The fourth-order valence-electron chi connectivity index (χ4n) is 3.01. The highest BCUT2D eigenvalue weighted by atomic mass is 32.1. The van der Waals surface area contributed by atoms with Crippen molar-refractivity contribution in [3.8, 4) is 0 Å². The van der Waals surface area contributed by atoms with E-state index in [4.69, 9.17) is 0 Å². The van der Waals surface area contributed by atoms with Crippen LogP contribution in [-0.2, 0) is 11.3 Å². The van der Waals surface area contributed by atoms with E-state index in [0.717, 1.165) is 22.7 Å². The summed E-state index contributed by atoms with van der Waals surface area (Å²) >= 11 is 1.59. The Labute approximate surface area is 180 Å². The van der Waals surface area contributed by atoms with E-state index in [9.17, 15) is 9.59 Å². The van der Waals surface area contributed by atoms with Crippen molar-refractivity contribution in [2.24, 2.45) is 0 Å². The number of carbonyl (C=O) groups is 2. The first-order chi connectivity index (χ1) is 14.6. The largest absolute Gasteiger partial charge is 0.348 e. The Morgan fingerprint density at radius 1 is 1.07 bits per heavy atom. The molecule has 1 heterocycles. The summed E-state index contributed by atoms with van der Waals surface area (Å²) in [5.41, 5.74) is 2.92. The van der Waals surface area contributed by atoms with Gasteiger partial charge in [-0.1, -0.05) is 49.4 Å². The van der Waals surface area contributed by atoms with Crippen LogP contribution >= 0.6 is 11.3 Å². The van der Waals surface area contributed by atoms with Gasteiger partial charge in [0, 0.05) is 17.6 Å². The number of hydrogen-bond donors (Lipinski definition) is 3. The number of amides is 2. The average Bonchev–Trinajstić information content (AvgIpc) is 3.19. The second-order valence-corrected chi connectivity index (χ2v) is 7.82. The highest BCUT2D eigenvalue weighted by Crippen LogP contribution is 2.21. The van der Waals surface area contributed by atoms with Crippen molar-refractivity contribution in [1.29, 1.82) is 0 Å². The molecular weight excluding hydrogens is 396 g/mol. The van der Waals surface area contributed by atoms with Gasteiger partial charge in [-0.2, -0.15) is 0 Å². The second-order valence-electron chi connectivity index (χ2n) is 6.93. The smallest absolute Gasteiger partial charge is 0.253 e. The SMILES string of the molecule is CCC(NCC(=O)Nc1ccccc1C(=O)NCc1ccccc1)c1nc(C)cs1. The molecule has 3 rings (SSSR count). The monoisotopic (exact) mass is 422 g/mol. The van der Waals surface area contributed by atoms with Crippen LogP contribution in [0.25, 0.3) is 0 Å². The Morgan fingerprint density at radius 2 is 1.80 bits per heavy atom. The van der Waals surface area contributed by atoms with Crippen LogP contribution in [0.15, 0.2) is 60.0 Å². The van der Waals surface area contributed by atoms with E-state index in [1.54, 1.807) is 35.6 Å². The molecule has 1 aromatic heterocycles. The summed E-state index contributed by atoms with van der Waals surface area (Å²) < 4.78 is 0. The van der Waals surface area contributed by atoms with E-state index in [2.05, 4.69) is 27.9 Å². The topological polar surface area (TPSA) is 83.1 Å². The van der Waals surface area contributed by atoms with Crippen LogP contribution in [0.5, 0.6) is 0 Å². The summed E-state index contributed by atoms with van der Waals surface area (Å²) in [6.45, 7) is 4.57. The number of benzene rings is 2. The van der Waals surface area contributed by atoms with Gasteiger partial charge in [-0.3, -0.25) is 14.9 Å². The predicted molar refractivity (Wildman–Crippen MR) is 121 cm³/mol. The highest BCUT2D eigenvalue weighted by molar-refractivity contribution is 7.09. The van der Waals surface area contributed by atoms with Gasteiger partial charge < -0.3 is 10.6 Å². The molecule has 3 aromatic rings. The molecule has 0 bridgehead atoms. The van der Waals surface area contributed by atoms with Crippen molar-refractivity contribution < 1.29 is 9.59 Å². The van der Waals surface area contributed by atoms with E-state index in [-0.39, 0.29) is 24.4 Å². The molecule has 0 fully saturated rings. The summed E-state index contributed by atoms with van der Waals surface area (Å²) in [5, 5.41) is 12.0. The molecule has 7 heteroatoms. The van der Waals surface area contributed by atoms with Crippen LogP contribution in [-0.4, -0.2) is 23.3 Å². The fourth-order valence-corrected chi connectivity index (χ4v) is 3.97. The predicted octanol–water partition coefficient (Wildman–Crippen LogP) is 4.06. The Hall–Kier alpha value is -3.03. The summed E-state index contributed by atoms with van der Waals surface area (Å²) in [4.78, 5) is 29.6. The van der Waals surface area contributed by atoms with Crippen molar-refractivity contribution in [1.82, 2.24) is 15.6 Å². The molecule has 1 atom stereocenters. The molecule has 3 N–H and O–H groups in total. The van der Waals surface area contributed by atoms with E-state index < -0.39 is 0 Å². The van der Waals surface area contributed by atoms with Crippen LogP contribution in [0.4, 0.5) is 5.69 Å². The van der Waals surface area contributed by atoms with E-state index in [0.29, 0.717) is 17.8 Å². The number of hydrogen-bond acceptors (Lipinski definition) is 5. The third kappa shape index (κ3) is 5.98. The third-order valence-corrected chi connectivity index (χ3v) is 5.67. The minimum atomic E-state index is -0.229. The highest BCUT2D eigenvalue weighted by Gasteiger charge is 2.16. The van der Waals surface area contributed by atoms with Crippen LogP contribution in [0.2, 0.25) is 0 Å². The summed E-state index contributed by atoms with van der Waals surface area (Å²) in [7, 11) is 0. The molecule has 0 saturated heterocycles. The van der Waals surface area contributed by atoms with Gasteiger partial charge in [0.05, 0.1) is 23.8 Å². The number of carbonyl (C=O) groups excluding carboxylic acids is 2. The van der Waals surface area contributed by atoms with E-state index in [1.807, 2.05) is 42.6 Å². The molecule has 30 heavy (non-hydrogen) atoms. The molecular formula is C23H26N4O2S. The molecule has 0 aliphatic rings. The van der Waals surface area contributed by atoms with Gasteiger partial charge in [-0.25, -0.2) is 4.98 Å². The third-order valence-electron chi connectivity index (χ3n) is 4.59. The molecule has 0 saturated carbocycles. The van der Waals surface area contributed by atoms with Crippen LogP contribution in [0.1, 0.15) is 46.0 Å². The van der Waals surface area contributed by atoms with Gasteiger partial charge in [0.25, 0.3) is 5.91 Å². The summed E-state index contributed by atoms with van der Waals surface area (Å²) in [6, 6.07) is 16.7. The number of aromatic nitrogens is 1. The minimum absolute atomic E-state index is 0.0267. The van der Waals surface area contributed by atoms with Gasteiger partial charge in [0.15, 0.2) is 0 Å². The Kier molecular flexibility index (Phi) is 7.70. The first-order valence-corrected chi connectivity index (χ1v) is 10.8. The van der Waals surface area contributed by atoms with E-state index >= 15 is 0 Å². The molecule has 0 spiro atoms. The molecule has 1 unspecified atom stereocenters. The normalized spacial score (nSPS) is 11.7. The van der Waals surface area contributed by atoms with Crippen molar-refractivity contribution >= 4 is 28.8 Å². The van der Waals surface area contributed by atoms with Gasteiger partial charge in [0.2, 0.25) is 5.91 Å². The van der Waals surface area contributed by atoms with Crippen molar-refractivity contribution in [3.05, 3.63) is 81.8 Å². The Bertz CT molecular complexity index is 988.